The van der Waals surface area contributed by atoms with E-state index in [9.17, 15) is 13.6 Å². The zero-order valence-corrected chi connectivity index (χ0v) is 10.6. The molecule has 0 bridgehead atoms. The van der Waals surface area contributed by atoms with Crippen LogP contribution in [0.1, 0.15) is 24.8 Å². The SMILES string of the molecule is CCC(C(=O)O)c1ccc(SC(F)(F)Cl)cc1. The second kappa shape index (κ2) is 5.69. The van der Waals surface area contributed by atoms with Crippen molar-refractivity contribution in [1.82, 2.24) is 0 Å². The van der Waals surface area contributed by atoms with E-state index < -0.39 is 16.6 Å². The molecule has 0 fully saturated rings. The van der Waals surface area contributed by atoms with E-state index in [4.69, 9.17) is 16.7 Å². The number of carboxylic acid groups (broad SMARTS) is 1. The van der Waals surface area contributed by atoms with Crippen molar-refractivity contribution in [2.24, 2.45) is 0 Å². The number of aliphatic carboxylic acids is 1. The normalized spacial score (nSPS) is 13.4. The van der Waals surface area contributed by atoms with Crippen LogP contribution in [0, 0.1) is 0 Å². The van der Waals surface area contributed by atoms with Crippen LogP contribution in [-0.2, 0) is 4.79 Å². The third-order valence-electron chi connectivity index (χ3n) is 2.22. The fourth-order valence-corrected chi connectivity index (χ4v) is 2.26. The standard InChI is InChI=1S/C11H11ClF2O2S/c1-2-9(10(15)16)7-3-5-8(6-4-7)17-11(12,13)14/h3-6,9H,2H2,1H3,(H,15,16). The highest BCUT2D eigenvalue weighted by Crippen LogP contribution is 2.39. The molecule has 1 rings (SSSR count). The molecule has 0 radical (unpaired) electrons. The van der Waals surface area contributed by atoms with Crippen LogP contribution >= 0.6 is 23.4 Å². The Bertz CT molecular complexity index is 389. The number of carbonyl (C=O) groups is 1. The van der Waals surface area contributed by atoms with E-state index >= 15 is 0 Å². The van der Waals surface area contributed by atoms with Gasteiger partial charge in [-0.2, -0.15) is 8.78 Å². The fraction of sp³-hybridized carbons (Fsp3) is 0.364. The first-order valence-corrected chi connectivity index (χ1v) is 6.11. The van der Waals surface area contributed by atoms with E-state index in [0.29, 0.717) is 16.9 Å². The first-order chi connectivity index (χ1) is 7.83. The van der Waals surface area contributed by atoms with E-state index in [2.05, 4.69) is 0 Å². The molecule has 1 aromatic carbocycles. The molecule has 17 heavy (non-hydrogen) atoms. The van der Waals surface area contributed by atoms with E-state index in [-0.39, 0.29) is 11.8 Å². The van der Waals surface area contributed by atoms with Crippen LogP contribution in [0.3, 0.4) is 0 Å². The van der Waals surface area contributed by atoms with Crippen LogP contribution in [0.4, 0.5) is 8.78 Å². The monoisotopic (exact) mass is 280 g/mol. The van der Waals surface area contributed by atoms with Gasteiger partial charge in [-0.15, -0.1) is 0 Å². The van der Waals surface area contributed by atoms with E-state index in [1.54, 1.807) is 6.92 Å². The van der Waals surface area contributed by atoms with Gasteiger partial charge in [0.2, 0.25) is 0 Å². The molecule has 0 spiro atoms. The van der Waals surface area contributed by atoms with Crippen molar-refractivity contribution in [3.8, 4) is 0 Å². The maximum absolute atomic E-state index is 12.5. The molecule has 6 heteroatoms. The van der Waals surface area contributed by atoms with Crippen LogP contribution in [-0.4, -0.2) is 15.8 Å². The summed E-state index contributed by atoms with van der Waals surface area (Å²) in [5.41, 5.74) is 0.599. The van der Waals surface area contributed by atoms with Crippen molar-refractivity contribution in [2.45, 2.75) is 28.9 Å². The van der Waals surface area contributed by atoms with E-state index in [0.717, 1.165) is 0 Å². The van der Waals surface area contributed by atoms with Gasteiger partial charge in [-0.1, -0.05) is 19.1 Å². The second-order valence-electron chi connectivity index (χ2n) is 3.42. The highest BCUT2D eigenvalue weighted by molar-refractivity contribution is 8.01. The van der Waals surface area contributed by atoms with Crippen LogP contribution in [0.2, 0.25) is 0 Å². The third-order valence-corrected chi connectivity index (χ3v) is 3.19. The first-order valence-electron chi connectivity index (χ1n) is 4.92. The molecule has 0 amide bonds. The number of halogens is 3. The molecular formula is C11H11ClF2O2S. The number of thioether (sulfide) groups is 1. The van der Waals surface area contributed by atoms with Crippen molar-refractivity contribution >= 4 is 29.3 Å². The van der Waals surface area contributed by atoms with Gasteiger partial charge < -0.3 is 5.11 Å². The maximum atomic E-state index is 12.5. The summed E-state index contributed by atoms with van der Waals surface area (Å²) in [5.74, 6) is -1.53. The molecule has 2 nitrogen and oxygen atoms in total. The number of carboxylic acids is 1. The number of rotatable bonds is 5. The zero-order chi connectivity index (χ0) is 13.1. The van der Waals surface area contributed by atoms with Crippen molar-refractivity contribution in [1.29, 1.82) is 0 Å². The summed E-state index contributed by atoms with van der Waals surface area (Å²) < 4.78 is 21.6. The molecule has 0 saturated carbocycles. The van der Waals surface area contributed by atoms with Gasteiger partial charge in [0.1, 0.15) is 0 Å². The van der Waals surface area contributed by atoms with Crippen LogP contribution in [0.5, 0.6) is 0 Å². The Morgan fingerprint density at radius 3 is 2.35 bits per heavy atom. The van der Waals surface area contributed by atoms with Gasteiger partial charge in [0, 0.05) is 4.90 Å². The second-order valence-corrected chi connectivity index (χ2v) is 5.30. The van der Waals surface area contributed by atoms with Crippen molar-refractivity contribution in [2.75, 3.05) is 0 Å². The Kier molecular flexibility index (Phi) is 4.77. The molecule has 1 aromatic rings. The molecule has 0 aliphatic heterocycles. The lowest BCUT2D eigenvalue weighted by atomic mass is 9.97. The largest absolute Gasteiger partial charge is 0.481 e. The third kappa shape index (κ3) is 4.52. The Hall–Kier alpha value is -0.810. The number of hydrogen-bond donors (Lipinski definition) is 1. The van der Waals surface area contributed by atoms with Gasteiger partial charge >= 0.3 is 10.7 Å². The average Bonchev–Trinajstić information content (AvgIpc) is 2.18. The lowest BCUT2D eigenvalue weighted by Gasteiger charge is -2.11. The fourth-order valence-electron chi connectivity index (χ4n) is 1.45. The smallest absolute Gasteiger partial charge is 0.375 e. The van der Waals surface area contributed by atoms with Crippen molar-refractivity contribution in [3.05, 3.63) is 29.8 Å². The van der Waals surface area contributed by atoms with Gasteiger partial charge in [0.05, 0.1) is 5.92 Å². The van der Waals surface area contributed by atoms with Crippen molar-refractivity contribution < 1.29 is 18.7 Å². The average molecular weight is 281 g/mol. The minimum atomic E-state index is -3.35. The Morgan fingerprint density at radius 1 is 1.47 bits per heavy atom. The quantitative estimate of drug-likeness (QED) is 0.650. The van der Waals surface area contributed by atoms with Gasteiger partial charge in [0.25, 0.3) is 0 Å². The van der Waals surface area contributed by atoms with Gasteiger partial charge in [0.15, 0.2) is 0 Å². The van der Waals surface area contributed by atoms with Gasteiger partial charge in [-0.3, -0.25) is 4.79 Å². The van der Waals surface area contributed by atoms with Crippen LogP contribution < -0.4 is 0 Å². The van der Waals surface area contributed by atoms with Gasteiger partial charge in [-0.05, 0) is 47.5 Å². The molecule has 0 heterocycles. The van der Waals surface area contributed by atoms with Gasteiger partial charge in [-0.25, -0.2) is 0 Å². The minimum absolute atomic E-state index is 0.222. The highest BCUT2D eigenvalue weighted by atomic mass is 35.5. The van der Waals surface area contributed by atoms with Crippen molar-refractivity contribution in [3.63, 3.8) is 0 Å². The molecule has 0 aliphatic rings. The predicted octanol–water partition coefficient (Wildman–Crippen LogP) is 4.15. The Balaban J connectivity index is 2.84. The molecule has 1 atom stereocenters. The lowest BCUT2D eigenvalue weighted by molar-refractivity contribution is -0.138. The number of hydrogen-bond acceptors (Lipinski definition) is 2. The summed E-state index contributed by atoms with van der Waals surface area (Å²) in [7, 11) is 0. The maximum Gasteiger partial charge on any atom is 0.375 e. The summed E-state index contributed by atoms with van der Waals surface area (Å²) in [6.07, 6.45) is 0.452. The molecular weight excluding hydrogens is 270 g/mol. The topological polar surface area (TPSA) is 37.3 Å². The molecule has 0 aliphatic carbocycles. The van der Waals surface area contributed by atoms with E-state index in [1.807, 2.05) is 0 Å². The molecule has 94 valence electrons. The summed E-state index contributed by atoms with van der Waals surface area (Å²) in [6.45, 7) is 1.76. The molecule has 1 unspecified atom stereocenters. The number of benzene rings is 1. The van der Waals surface area contributed by atoms with Crippen LogP contribution in [0.15, 0.2) is 29.2 Å². The Labute approximate surface area is 107 Å². The minimum Gasteiger partial charge on any atom is -0.481 e. The summed E-state index contributed by atoms with van der Waals surface area (Å²) in [5, 5.41) is 8.94. The predicted molar refractivity (Wildman–Crippen MR) is 63.8 cm³/mol. The highest BCUT2D eigenvalue weighted by Gasteiger charge is 2.26. The first kappa shape index (κ1) is 14.3. The summed E-state index contributed by atoms with van der Waals surface area (Å²) in [6, 6.07) is 5.96. The van der Waals surface area contributed by atoms with E-state index in [1.165, 1.54) is 24.3 Å². The molecule has 0 saturated heterocycles. The number of alkyl halides is 3. The lowest BCUT2D eigenvalue weighted by Crippen LogP contribution is -2.10. The molecule has 1 N–H and O–H groups in total. The van der Waals surface area contributed by atoms with Crippen LogP contribution in [0.25, 0.3) is 0 Å². The zero-order valence-electron chi connectivity index (χ0n) is 8.99. The molecule has 0 aromatic heterocycles. The summed E-state index contributed by atoms with van der Waals surface area (Å²) in [4.78, 5) is 11.2. The Morgan fingerprint density at radius 2 is 2.00 bits per heavy atom. The summed E-state index contributed by atoms with van der Waals surface area (Å²) >= 11 is 5.01.